The van der Waals surface area contributed by atoms with Gasteiger partial charge in [0, 0.05) is 5.69 Å². The maximum Gasteiger partial charge on any atom is 0.137 e. The molecule has 1 aromatic carbocycles. The van der Waals surface area contributed by atoms with E-state index in [0.717, 1.165) is 31.4 Å². The van der Waals surface area contributed by atoms with Crippen molar-refractivity contribution in [3.63, 3.8) is 0 Å². The Hall–Kier alpha value is -0.610. The van der Waals surface area contributed by atoms with Crippen LogP contribution in [0.2, 0.25) is 0 Å². The van der Waals surface area contributed by atoms with E-state index in [-0.39, 0.29) is 18.0 Å². The Kier molecular flexibility index (Phi) is 4.40. The van der Waals surface area contributed by atoms with Crippen molar-refractivity contribution in [3.8, 4) is 0 Å². The van der Waals surface area contributed by atoms with Gasteiger partial charge in [-0.05, 0) is 47.0 Å². The van der Waals surface area contributed by atoms with E-state index in [4.69, 9.17) is 0 Å². The monoisotopic (exact) mass is 301 g/mol. The summed E-state index contributed by atoms with van der Waals surface area (Å²) >= 11 is 3.16. The van der Waals surface area contributed by atoms with Crippen molar-refractivity contribution in [2.75, 3.05) is 5.32 Å². The van der Waals surface area contributed by atoms with Gasteiger partial charge in [0.25, 0.3) is 0 Å². The lowest BCUT2D eigenvalue weighted by Crippen LogP contribution is -2.32. The largest absolute Gasteiger partial charge is 0.391 e. The molecule has 4 heteroatoms. The molecule has 1 aliphatic carbocycles. The fourth-order valence-corrected chi connectivity index (χ4v) is 2.64. The van der Waals surface area contributed by atoms with E-state index in [0.29, 0.717) is 4.47 Å². The van der Waals surface area contributed by atoms with Gasteiger partial charge in [0.05, 0.1) is 16.6 Å². The lowest BCUT2D eigenvalue weighted by atomic mass is 10.1. The van der Waals surface area contributed by atoms with E-state index in [2.05, 4.69) is 21.2 Å². The first kappa shape index (κ1) is 12.8. The van der Waals surface area contributed by atoms with Gasteiger partial charge in [0.1, 0.15) is 5.82 Å². The molecule has 94 valence electrons. The molecule has 1 fully saturated rings. The number of halogens is 2. The molecule has 2 rings (SSSR count). The quantitative estimate of drug-likeness (QED) is 0.817. The average Bonchev–Trinajstić information content (AvgIpc) is 2.50. The predicted molar refractivity (Wildman–Crippen MR) is 70.6 cm³/mol. The van der Waals surface area contributed by atoms with Gasteiger partial charge in [-0.25, -0.2) is 4.39 Å². The predicted octanol–water partition coefficient (Wildman–Crippen LogP) is 3.69. The summed E-state index contributed by atoms with van der Waals surface area (Å²) in [6.45, 7) is 0. The zero-order chi connectivity index (χ0) is 12.3. The SMILES string of the molecule is OC1CCCCCC1Nc1ccc(F)c(Br)c1. The highest BCUT2D eigenvalue weighted by Crippen LogP contribution is 2.24. The van der Waals surface area contributed by atoms with Crippen molar-refractivity contribution in [2.24, 2.45) is 0 Å². The topological polar surface area (TPSA) is 32.3 Å². The fraction of sp³-hybridized carbons (Fsp3) is 0.538. The molecule has 0 heterocycles. The molecule has 1 aromatic rings. The van der Waals surface area contributed by atoms with Crippen LogP contribution < -0.4 is 5.32 Å². The zero-order valence-corrected chi connectivity index (χ0v) is 11.2. The first-order chi connectivity index (χ1) is 8.16. The van der Waals surface area contributed by atoms with Crippen molar-refractivity contribution in [2.45, 2.75) is 44.2 Å². The third-order valence-electron chi connectivity index (χ3n) is 3.25. The highest BCUT2D eigenvalue weighted by molar-refractivity contribution is 9.10. The summed E-state index contributed by atoms with van der Waals surface area (Å²) in [5.41, 5.74) is 0.851. The lowest BCUT2D eigenvalue weighted by Gasteiger charge is -2.23. The van der Waals surface area contributed by atoms with Gasteiger partial charge in [0.2, 0.25) is 0 Å². The van der Waals surface area contributed by atoms with E-state index in [1.165, 1.54) is 12.5 Å². The zero-order valence-electron chi connectivity index (χ0n) is 9.63. The van der Waals surface area contributed by atoms with Crippen molar-refractivity contribution in [1.29, 1.82) is 0 Å². The molecule has 1 saturated carbocycles. The van der Waals surface area contributed by atoms with Gasteiger partial charge >= 0.3 is 0 Å². The number of benzene rings is 1. The third kappa shape index (κ3) is 3.42. The molecule has 17 heavy (non-hydrogen) atoms. The summed E-state index contributed by atoms with van der Waals surface area (Å²) in [6, 6.07) is 4.93. The molecule has 0 amide bonds. The molecule has 2 unspecified atom stereocenters. The molecule has 2 N–H and O–H groups in total. The average molecular weight is 302 g/mol. The van der Waals surface area contributed by atoms with Crippen LogP contribution in [0.4, 0.5) is 10.1 Å². The van der Waals surface area contributed by atoms with E-state index >= 15 is 0 Å². The second-order valence-electron chi connectivity index (χ2n) is 4.59. The van der Waals surface area contributed by atoms with Gasteiger partial charge in [0.15, 0.2) is 0 Å². The lowest BCUT2D eigenvalue weighted by molar-refractivity contribution is 0.144. The van der Waals surface area contributed by atoms with Crippen LogP contribution in [0.25, 0.3) is 0 Å². The molecule has 0 spiro atoms. The summed E-state index contributed by atoms with van der Waals surface area (Å²) in [4.78, 5) is 0. The number of nitrogens with one attached hydrogen (secondary N) is 1. The number of hydrogen-bond acceptors (Lipinski definition) is 2. The van der Waals surface area contributed by atoms with Crippen LogP contribution in [0.15, 0.2) is 22.7 Å². The first-order valence-corrected chi connectivity index (χ1v) is 6.86. The fourth-order valence-electron chi connectivity index (χ4n) is 2.26. The minimum Gasteiger partial charge on any atom is -0.391 e. The van der Waals surface area contributed by atoms with Gasteiger partial charge in [-0.15, -0.1) is 0 Å². The van der Waals surface area contributed by atoms with Crippen LogP contribution in [0.5, 0.6) is 0 Å². The number of aliphatic hydroxyl groups is 1. The second-order valence-corrected chi connectivity index (χ2v) is 5.44. The van der Waals surface area contributed by atoms with E-state index in [1.54, 1.807) is 12.1 Å². The maximum atomic E-state index is 13.1. The standard InChI is InChI=1S/C13H17BrFNO/c14-10-8-9(6-7-11(10)15)16-12-4-2-1-3-5-13(12)17/h6-8,12-13,16-17H,1-5H2. The number of hydrogen-bond donors (Lipinski definition) is 2. The van der Waals surface area contributed by atoms with E-state index in [1.807, 2.05) is 0 Å². The van der Waals surface area contributed by atoms with Gasteiger partial charge in [-0.1, -0.05) is 19.3 Å². The molecule has 0 saturated heterocycles. The number of anilines is 1. The van der Waals surface area contributed by atoms with Crippen LogP contribution in [0.3, 0.4) is 0 Å². The molecule has 0 bridgehead atoms. The van der Waals surface area contributed by atoms with Crippen LogP contribution in [-0.4, -0.2) is 17.3 Å². The minimum atomic E-state index is -0.304. The van der Waals surface area contributed by atoms with Gasteiger partial charge in [-0.2, -0.15) is 0 Å². The smallest absolute Gasteiger partial charge is 0.137 e. The Morgan fingerprint density at radius 1 is 1.24 bits per heavy atom. The van der Waals surface area contributed by atoms with Crippen molar-refractivity contribution >= 4 is 21.6 Å². The third-order valence-corrected chi connectivity index (χ3v) is 3.86. The maximum absolute atomic E-state index is 13.1. The molecule has 2 nitrogen and oxygen atoms in total. The molecule has 2 atom stereocenters. The van der Waals surface area contributed by atoms with Gasteiger partial charge in [-0.3, -0.25) is 0 Å². The minimum absolute atomic E-state index is 0.0786. The molecular formula is C13H17BrFNO. The summed E-state index contributed by atoms with van der Waals surface area (Å²) in [5.74, 6) is -0.267. The molecule has 0 aromatic heterocycles. The highest BCUT2D eigenvalue weighted by atomic mass is 79.9. The van der Waals surface area contributed by atoms with Gasteiger partial charge < -0.3 is 10.4 Å². The number of aliphatic hydroxyl groups excluding tert-OH is 1. The van der Waals surface area contributed by atoms with E-state index in [9.17, 15) is 9.50 Å². The number of rotatable bonds is 2. The van der Waals surface area contributed by atoms with Crippen LogP contribution >= 0.6 is 15.9 Å². The van der Waals surface area contributed by atoms with E-state index < -0.39 is 0 Å². The summed E-state index contributed by atoms with van der Waals surface area (Å²) in [7, 11) is 0. The van der Waals surface area contributed by atoms with Crippen LogP contribution in [0, 0.1) is 5.82 Å². The molecule has 0 aliphatic heterocycles. The Morgan fingerprint density at radius 3 is 2.76 bits per heavy atom. The van der Waals surface area contributed by atoms with Crippen LogP contribution in [-0.2, 0) is 0 Å². The summed E-state index contributed by atoms with van der Waals surface area (Å²) in [6.07, 6.45) is 4.92. The molecule has 0 radical (unpaired) electrons. The van der Waals surface area contributed by atoms with Crippen molar-refractivity contribution in [3.05, 3.63) is 28.5 Å². The van der Waals surface area contributed by atoms with Crippen molar-refractivity contribution < 1.29 is 9.50 Å². The summed E-state index contributed by atoms with van der Waals surface area (Å²) < 4.78 is 13.5. The molecular weight excluding hydrogens is 285 g/mol. The first-order valence-electron chi connectivity index (χ1n) is 6.06. The summed E-state index contributed by atoms with van der Waals surface area (Å²) in [5, 5.41) is 13.3. The Morgan fingerprint density at radius 2 is 2.00 bits per heavy atom. The Balaban J connectivity index is 2.05. The Labute approximate surface area is 109 Å². The Bertz CT molecular complexity index is 386. The van der Waals surface area contributed by atoms with Crippen molar-refractivity contribution in [1.82, 2.24) is 0 Å². The second kappa shape index (κ2) is 5.83. The van der Waals surface area contributed by atoms with Crippen LogP contribution in [0.1, 0.15) is 32.1 Å². The highest BCUT2D eigenvalue weighted by Gasteiger charge is 2.21. The molecule has 1 aliphatic rings. The normalized spacial score (nSPS) is 25.4.